The van der Waals surface area contributed by atoms with E-state index >= 15 is 13.2 Å². The summed E-state index contributed by atoms with van der Waals surface area (Å²) in [6, 6.07) is 70.9. The van der Waals surface area contributed by atoms with Crippen LogP contribution in [0, 0.1) is 52.9 Å². The fourth-order valence-electron chi connectivity index (χ4n) is 14.5. The minimum Gasteiger partial charge on any atom is -0.307 e. The third-order valence-electron chi connectivity index (χ3n) is 18.6. The molecular formula is C82H56F9N5. The molecule has 16 aromatic rings. The Morgan fingerprint density at radius 1 is 0.281 bits per heavy atom. The maximum absolute atomic E-state index is 15.7. The van der Waals surface area contributed by atoms with Crippen molar-refractivity contribution in [1.29, 1.82) is 5.26 Å². The van der Waals surface area contributed by atoms with Crippen LogP contribution in [-0.4, -0.2) is 18.3 Å². The van der Waals surface area contributed by atoms with Gasteiger partial charge in [0.05, 0.1) is 89.1 Å². The lowest BCUT2D eigenvalue weighted by Crippen LogP contribution is -2.16. The topological polar surface area (TPSA) is 43.5 Å². The van der Waals surface area contributed by atoms with Crippen LogP contribution in [0.4, 0.5) is 39.5 Å². The lowest BCUT2D eigenvalue weighted by Gasteiger charge is -2.24. The first kappa shape index (κ1) is 60.9. The molecule has 0 saturated heterocycles. The molecule has 4 heterocycles. The second-order valence-electron chi connectivity index (χ2n) is 24.9. The molecule has 0 aliphatic heterocycles. The SMILES string of the molecule is Cc1ccc2c3ccccc3n(-c3cc(-c4c(C)cccc4C(F)(F)F)cc(C#N)c3-n3c4ccccc4c4ccc(C)cc43)c2c1.Cc1ccc2c3ccccc3n(-c3cc(-c4c(C)cccc4C(F)(F)F)cc(C(F)(F)F)c3-n3c4ccccc4c4ccc(C)cc43)c2c1. The van der Waals surface area contributed by atoms with Crippen LogP contribution in [0.2, 0.25) is 0 Å². The summed E-state index contributed by atoms with van der Waals surface area (Å²) < 4.78 is 142. The third-order valence-corrected chi connectivity index (χ3v) is 18.6. The van der Waals surface area contributed by atoms with Crippen LogP contribution >= 0.6 is 0 Å². The van der Waals surface area contributed by atoms with Crippen molar-refractivity contribution in [2.75, 3.05) is 0 Å². The molecule has 96 heavy (non-hydrogen) atoms. The molecule has 16 rings (SSSR count). The van der Waals surface area contributed by atoms with E-state index in [9.17, 15) is 31.6 Å². The van der Waals surface area contributed by atoms with E-state index in [-0.39, 0.29) is 39.2 Å². The van der Waals surface area contributed by atoms with Gasteiger partial charge in [0.1, 0.15) is 6.07 Å². The van der Waals surface area contributed by atoms with Crippen molar-refractivity contribution in [3.05, 3.63) is 286 Å². The van der Waals surface area contributed by atoms with Gasteiger partial charge in [-0.05, 0) is 182 Å². The van der Waals surface area contributed by atoms with Gasteiger partial charge in [-0.1, -0.05) is 146 Å². The van der Waals surface area contributed by atoms with E-state index in [1.54, 1.807) is 40.3 Å². The number of nitriles is 1. The maximum atomic E-state index is 15.7. The van der Waals surface area contributed by atoms with Crippen molar-refractivity contribution in [2.24, 2.45) is 0 Å². The molecule has 0 saturated carbocycles. The van der Waals surface area contributed by atoms with Gasteiger partial charge < -0.3 is 18.3 Å². The van der Waals surface area contributed by atoms with E-state index < -0.39 is 35.2 Å². The predicted octanol–water partition coefficient (Wildman–Crippen LogP) is 23.9. The minimum atomic E-state index is -4.95. The summed E-state index contributed by atoms with van der Waals surface area (Å²) >= 11 is 0. The standard InChI is InChI=1S/C41H28F6N2.C41H28F3N3/c1-23-15-17-29-27-10-4-6-13-33(27)48(35(29)19-23)37-22-26(38-25(3)9-8-12-31(38)40(42,43)44)21-32(41(45,46)47)39(37)49-34-14-7-5-11-28(34)30-18-16-24(2)20-36(30)49;1-24-15-17-31-29-10-4-6-13-34(29)46(36(31)19-24)38-22-27(39-26(3)9-8-12-33(39)41(42,43)44)21-28(23-45)40(38)47-35-14-7-5-11-30(35)32-18-16-25(2)20-37(32)47/h4-22H,1-3H3;4-22H,1-3H3. The highest BCUT2D eigenvalue weighted by Gasteiger charge is 2.41. The molecule has 472 valence electrons. The highest BCUT2D eigenvalue weighted by Crippen LogP contribution is 2.50. The fraction of sp³-hybridized carbons (Fsp3) is 0.110. The lowest BCUT2D eigenvalue weighted by molar-refractivity contribution is -0.138. The van der Waals surface area contributed by atoms with Crippen LogP contribution in [0.25, 0.3) is 132 Å². The highest BCUT2D eigenvalue weighted by atomic mass is 19.4. The van der Waals surface area contributed by atoms with Gasteiger partial charge in [-0.2, -0.15) is 44.8 Å². The van der Waals surface area contributed by atoms with Crippen molar-refractivity contribution in [1.82, 2.24) is 18.3 Å². The van der Waals surface area contributed by atoms with Gasteiger partial charge in [-0.3, -0.25) is 0 Å². The molecule has 0 radical (unpaired) electrons. The Labute approximate surface area is 544 Å². The molecule has 0 aliphatic carbocycles. The zero-order valence-corrected chi connectivity index (χ0v) is 52.6. The number of aromatic nitrogens is 4. The Balaban J connectivity index is 0.000000158. The number of aryl methyl sites for hydroxylation is 6. The van der Waals surface area contributed by atoms with Crippen molar-refractivity contribution in [3.8, 4) is 51.1 Å². The van der Waals surface area contributed by atoms with Gasteiger partial charge in [-0.25, -0.2) is 0 Å². The molecule has 12 aromatic carbocycles. The number of halogens is 9. The first-order valence-electron chi connectivity index (χ1n) is 31.2. The summed E-state index contributed by atoms with van der Waals surface area (Å²) in [5, 5.41) is 18.1. The molecule has 0 bridgehead atoms. The average Bonchev–Trinajstić information content (AvgIpc) is 1.52. The van der Waals surface area contributed by atoms with Gasteiger partial charge in [0.15, 0.2) is 0 Å². The third kappa shape index (κ3) is 9.85. The largest absolute Gasteiger partial charge is 0.418 e. The Morgan fingerprint density at radius 3 is 0.938 bits per heavy atom. The van der Waals surface area contributed by atoms with Crippen LogP contribution in [0.5, 0.6) is 0 Å². The molecule has 5 nitrogen and oxygen atoms in total. The van der Waals surface area contributed by atoms with E-state index in [1.807, 2.05) is 143 Å². The summed E-state index contributed by atoms with van der Waals surface area (Å²) in [4.78, 5) is 0. The Morgan fingerprint density at radius 2 is 0.583 bits per heavy atom. The molecular weight excluding hydrogens is 1230 g/mol. The first-order valence-corrected chi connectivity index (χ1v) is 31.2. The smallest absolute Gasteiger partial charge is 0.307 e. The molecule has 0 spiro atoms. The van der Waals surface area contributed by atoms with Crippen molar-refractivity contribution in [2.45, 2.75) is 60.1 Å². The van der Waals surface area contributed by atoms with Crippen LogP contribution in [0.15, 0.2) is 231 Å². The highest BCUT2D eigenvalue weighted by molar-refractivity contribution is 6.14. The van der Waals surface area contributed by atoms with Crippen molar-refractivity contribution in [3.63, 3.8) is 0 Å². The van der Waals surface area contributed by atoms with Crippen molar-refractivity contribution >= 4 is 87.2 Å². The average molecular weight is 1280 g/mol. The maximum Gasteiger partial charge on any atom is 0.418 e. The van der Waals surface area contributed by atoms with Gasteiger partial charge in [0.25, 0.3) is 0 Å². The number of hydrogen-bond donors (Lipinski definition) is 0. The Kier molecular flexibility index (Phi) is 14.2. The predicted molar refractivity (Wildman–Crippen MR) is 369 cm³/mol. The Hall–Kier alpha value is -11.3. The molecule has 0 aliphatic rings. The zero-order chi connectivity index (χ0) is 67.0. The number of hydrogen-bond acceptors (Lipinski definition) is 1. The number of rotatable bonds is 6. The number of nitrogens with zero attached hydrogens (tertiary/aromatic N) is 5. The van der Waals surface area contributed by atoms with Gasteiger partial charge in [0, 0.05) is 43.1 Å². The van der Waals surface area contributed by atoms with Gasteiger partial charge in [0.2, 0.25) is 0 Å². The number of benzene rings is 12. The monoisotopic (exact) mass is 1280 g/mol. The summed E-state index contributed by atoms with van der Waals surface area (Å²) in [6.07, 6.45) is -14.3. The summed E-state index contributed by atoms with van der Waals surface area (Å²) in [5.41, 5.74) is 9.17. The summed E-state index contributed by atoms with van der Waals surface area (Å²) in [6.45, 7) is 11.0. The minimum absolute atomic E-state index is 0.0688. The summed E-state index contributed by atoms with van der Waals surface area (Å²) in [5.74, 6) is 0. The fourth-order valence-corrected chi connectivity index (χ4v) is 14.5. The van der Waals surface area contributed by atoms with E-state index in [0.29, 0.717) is 44.6 Å². The summed E-state index contributed by atoms with van der Waals surface area (Å²) in [7, 11) is 0. The van der Waals surface area contributed by atoms with Gasteiger partial charge >= 0.3 is 18.5 Å². The van der Waals surface area contributed by atoms with Gasteiger partial charge in [-0.15, -0.1) is 0 Å². The number of alkyl halides is 9. The second-order valence-corrected chi connectivity index (χ2v) is 24.9. The van der Waals surface area contributed by atoms with Crippen LogP contribution in [0.3, 0.4) is 0 Å². The quantitative estimate of drug-likeness (QED) is 0.153. The first-order chi connectivity index (χ1) is 46.0. The molecule has 14 heteroatoms. The van der Waals surface area contributed by atoms with Crippen LogP contribution < -0.4 is 0 Å². The number of fused-ring (bicyclic) bond motifs is 12. The molecule has 0 fully saturated rings. The molecule has 0 amide bonds. The second kappa shape index (κ2) is 22.4. The lowest BCUT2D eigenvalue weighted by atomic mass is 9.92. The molecule has 0 unspecified atom stereocenters. The zero-order valence-electron chi connectivity index (χ0n) is 52.6. The van der Waals surface area contributed by atoms with Crippen LogP contribution in [-0.2, 0) is 18.5 Å². The molecule has 0 atom stereocenters. The normalized spacial score (nSPS) is 12.3. The van der Waals surface area contributed by atoms with Crippen LogP contribution in [0.1, 0.15) is 55.6 Å². The molecule has 0 N–H and O–H groups in total. The number of para-hydroxylation sites is 4. The van der Waals surface area contributed by atoms with E-state index in [4.69, 9.17) is 0 Å². The van der Waals surface area contributed by atoms with E-state index in [1.165, 1.54) is 31.2 Å². The molecule has 4 aromatic heterocycles. The van der Waals surface area contributed by atoms with E-state index in [2.05, 4.69) is 63.7 Å². The Bertz CT molecular complexity index is 5960. The van der Waals surface area contributed by atoms with E-state index in [0.717, 1.165) is 106 Å². The van der Waals surface area contributed by atoms with Crippen molar-refractivity contribution < 1.29 is 39.5 Å².